The van der Waals surface area contributed by atoms with E-state index in [-0.39, 0.29) is 0 Å². The highest BCUT2D eigenvalue weighted by atomic mass is 16.5. The molecule has 132 valence electrons. The van der Waals surface area contributed by atoms with Gasteiger partial charge in [-0.1, -0.05) is 12.1 Å². The minimum atomic E-state index is 0.294. The lowest BCUT2D eigenvalue weighted by Crippen LogP contribution is -2.36. The van der Waals surface area contributed by atoms with Crippen LogP contribution in [0, 0.1) is 0 Å². The number of benzene rings is 1. The molecule has 3 aromatic rings. The zero-order chi connectivity index (χ0) is 17.8. The molecule has 1 atom stereocenters. The molecule has 26 heavy (non-hydrogen) atoms. The minimum absolute atomic E-state index is 0.294. The predicted octanol–water partition coefficient (Wildman–Crippen LogP) is 3.33. The van der Waals surface area contributed by atoms with E-state index in [0.29, 0.717) is 5.92 Å². The second-order valence-corrected chi connectivity index (χ2v) is 6.36. The molecule has 0 aliphatic carbocycles. The molecule has 0 spiro atoms. The summed E-state index contributed by atoms with van der Waals surface area (Å²) in [5.74, 6) is 1.90. The summed E-state index contributed by atoms with van der Waals surface area (Å²) >= 11 is 0. The van der Waals surface area contributed by atoms with Crippen LogP contribution >= 0.6 is 0 Å². The Hall–Kier alpha value is -3.02. The standard InChI is InChI=1S/C20H21N5O/c1-26-17-7-2-5-15(13-17)18-19(22-11-10-21-18)16-6-3-12-25(14-16)20-23-8-4-9-24-20/h2,4-5,7-11,13,16H,3,6,12,14H2,1H3/t16-/m0/s1. The van der Waals surface area contributed by atoms with Crippen molar-refractivity contribution in [2.75, 3.05) is 25.1 Å². The number of hydrogen-bond acceptors (Lipinski definition) is 6. The number of hydrogen-bond donors (Lipinski definition) is 0. The molecular weight excluding hydrogens is 326 g/mol. The Morgan fingerprint density at radius 1 is 1.00 bits per heavy atom. The highest BCUT2D eigenvalue weighted by Crippen LogP contribution is 2.33. The van der Waals surface area contributed by atoms with Crippen molar-refractivity contribution in [3.63, 3.8) is 0 Å². The van der Waals surface area contributed by atoms with Gasteiger partial charge in [0.25, 0.3) is 0 Å². The molecule has 0 amide bonds. The van der Waals surface area contributed by atoms with E-state index in [0.717, 1.165) is 54.6 Å². The van der Waals surface area contributed by atoms with Gasteiger partial charge in [-0.15, -0.1) is 0 Å². The molecule has 4 rings (SSSR count). The third-order valence-electron chi connectivity index (χ3n) is 4.71. The van der Waals surface area contributed by atoms with Gasteiger partial charge in [-0.25, -0.2) is 9.97 Å². The monoisotopic (exact) mass is 347 g/mol. The Morgan fingerprint density at radius 3 is 2.69 bits per heavy atom. The lowest BCUT2D eigenvalue weighted by atomic mass is 9.91. The maximum Gasteiger partial charge on any atom is 0.225 e. The van der Waals surface area contributed by atoms with E-state index >= 15 is 0 Å². The first-order chi connectivity index (χ1) is 12.8. The average molecular weight is 347 g/mol. The Kier molecular flexibility index (Phi) is 4.73. The first-order valence-corrected chi connectivity index (χ1v) is 8.82. The van der Waals surface area contributed by atoms with Gasteiger partial charge in [-0.2, -0.15) is 0 Å². The summed E-state index contributed by atoms with van der Waals surface area (Å²) in [6.07, 6.45) is 9.26. The van der Waals surface area contributed by atoms with Gasteiger partial charge < -0.3 is 9.64 Å². The lowest BCUT2D eigenvalue weighted by Gasteiger charge is -2.32. The summed E-state index contributed by atoms with van der Waals surface area (Å²) in [6.45, 7) is 1.81. The van der Waals surface area contributed by atoms with Gasteiger partial charge in [-0.3, -0.25) is 9.97 Å². The number of methoxy groups -OCH3 is 1. The van der Waals surface area contributed by atoms with Crippen LogP contribution in [0.4, 0.5) is 5.95 Å². The molecule has 1 saturated heterocycles. The van der Waals surface area contributed by atoms with Crippen LogP contribution < -0.4 is 9.64 Å². The van der Waals surface area contributed by atoms with E-state index in [1.54, 1.807) is 31.9 Å². The first kappa shape index (κ1) is 16.4. The van der Waals surface area contributed by atoms with Crippen LogP contribution in [0.5, 0.6) is 5.75 Å². The molecule has 0 N–H and O–H groups in total. The Labute approximate surface area is 152 Å². The Bertz CT molecular complexity index is 871. The second-order valence-electron chi connectivity index (χ2n) is 6.36. The van der Waals surface area contributed by atoms with Crippen LogP contribution in [0.25, 0.3) is 11.3 Å². The maximum atomic E-state index is 5.36. The van der Waals surface area contributed by atoms with Crippen molar-refractivity contribution in [3.8, 4) is 17.0 Å². The molecular formula is C20H21N5O. The molecule has 1 fully saturated rings. The van der Waals surface area contributed by atoms with Gasteiger partial charge in [0.2, 0.25) is 5.95 Å². The van der Waals surface area contributed by atoms with Gasteiger partial charge >= 0.3 is 0 Å². The number of ether oxygens (including phenoxy) is 1. The van der Waals surface area contributed by atoms with Crippen molar-refractivity contribution in [2.45, 2.75) is 18.8 Å². The average Bonchev–Trinajstić information content (AvgIpc) is 2.74. The van der Waals surface area contributed by atoms with Crippen molar-refractivity contribution in [3.05, 3.63) is 60.8 Å². The Morgan fingerprint density at radius 2 is 1.85 bits per heavy atom. The van der Waals surface area contributed by atoms with E-state index in [4.69, 9.17) is 9.72 Å². The molecule has 0 saturated carbocycles. The highest BCUT2D eigenvalue weighted by molar-refractivity contribution is 5.64. The molecule has 3 heterocycles. The van der Waals surface area contributed by atoms with Crippen LogP contribution in [-0.4, -0.2) is 40.1 Å². The summed E-state index contributed by atoms with van der Waals surface area (Å²) in [4.78, 5) is 20.3. The van der Waals surface area contributed by atoms with Crippen molar-refractivity contribution >= 4 is 5.95 Å². The van der Waals surface area contributed by atoms with E-state index < -0.39 is 0 Å². The number of nitrogens with zero attached hydrogens (tertiary/aromatic N) is 5. The molecule has 1 aliphatic rings. The topological polar surface area (TPSA) is 64.0 Å². The SMILES string of the molecule is COc1cccc(-c2nccnc2[C@H]2CCCN(c3ncccn3)C2)c1. The van der Waals surface area contributed by atoms with Crippen molar-refractivity contribution < 1.29 is 4.74 Å². The molecule has 1 aromatic carbocycles. The fourth-order valence-electron chi connectivity index (χ4n) is 3.48. The molecule has 6 heteroatoms. The van der Waals surface area contributed by atoms with Gasteiger partial charge in [0.1, 0.15) is 5.75 Å². The fourth-order valence-corrected chi connectivity index (χ4v) is 3.48. The maximum absolute atomic E-state index is 5.36. The van der Waals surface area contributed by atoms with E-state index in [1.165, 1.54) is 0 Å². The number of piperidine rings is 1. The van der Waals surface area contributed by atoms with Crippen molar-refractivity contribution in [2.24, 2.45) is 0 Å². The van der Waals surface area contributed by atoms with Gasteiger partial charge in [0.05, 0.1) is 18.5 Å². The quantitative estimate of drug-likeness (QED) is 0.721. The fraction of sp³-hybridized carbons (Fsp3) is 0.300. The van der Waals surface area contributed by atoms with Gasteiger partial charge in [-0.05, 0) is 31.0 Å². The summed E-state index contributed by atoms with van der Waals surface area (Å²) < 4.78 is 5.36. The van der Waals surface area contributed by atoms with Crippen LogP contribution in [0.1, 0.15) is 24.5 Å². The third kappa shape index (κ3) is 3.35. The van der Waals surface area contributed by atoms with Crippen molar-refractivity contribution in [1.82, 2.24) is 19.9 Å². The third-order valence-corrected chi connectivity index (χ3v) is 4.71. The number of rotatable bonds is 4. The molecule has 0 radical (unpaired) electrons. The smallest absolute Gasteiger partial charge is 0.225 e. The highest BCUT2D eigenvalue weighted by Gasteiger charge is 2.26. The van der Waals surface area contributed by atoms with Crippen molar-refractivity contribution in [1.29, 1.82) is 0 Å². The molecule has 0 bridgehead atoms. The summed E-state index contributed by atoms with van der Waals surface area (Å²) in [7, 11) is 1.68. The molecule has 0 unspecified atom stereocenters. The summed E-state index contributed by atoms with van der Waals surface area (Å²) in [6, 6.07) is 9.83. The summed E-state index contributed by atoms with van der Waals surface area (Å²) in [5, 5.41) is 0. The number of aromatic nitrogens is 4. The van der Waals surface area contributed by atoms with Crippen LogP contribution in [0.2, 0.25) is 0 Å². The zero-order valence-corrected chi connectivity index (χ0v) is 14.7. The van der Waals surface area contributed by atoms with E-state index in [2.05, 4.69) is 25.9 Å². The predicted molar refractivity (Wildman–Crippen MR) is 100 cm³/mol. The van der Waals surface area contributed by atoms with E-state index in [9.17, 15) is 0 Å². The van der Waals surface area contributed by atoms with Crippen LogP contribution in [-0.2, 0) is 0 Å². The van der Waals surface area contributed by atoms with Gasteiger partial charge in [0, 0.05) is 49.4 Å². The molecule has 2 aromatic heterocycles. The van der Waals surface area contributed by atoms with Crippen LogP contribution in [0.3, 0.4) is 0 Å². The number of anilines is 1. The van der Waals surface area contributed by atoms with Gasteiger partial charge in [0.15, 0.2) is 0 Å². The molecule has 1 aliphatic heterocycles. The lowest BCUT2D eigenvalue weighted by molar-refractivity contribution is 0.415. The van der Waals surface area contributed by atoms with E-state index in [1.807, 2.05) is 24.3 Å². The normalized spacial score (nSPS) is 17.1. The van der Waals surface area contributed by atoms with Crippen LogP contribution in [0.15, 0.2) is 55.1 Å². The Balaban J connectivity index is 1.65. The summed E-state index contributed by atoms with van der Waals surface area (Å²) in [5.41, 5.74) is 2.98. The second kappa shape index (κ2) is 7.47. The largest absolute Gasteiger partial charge is 0.497 e. The molecule has 6 nitrogen and oxygen atoms in total. The minimum Gasteiger partial charge on any atom is -0.497 e. The zero-order valence-electron chi connectivity index (χ0n) is 14.7. The first-order valence-electron chi connectivity index (χ1n) is 8.82.